The van der Waals surface area contributed by atoms with E-state index in [2.05, 4.69) is 0 Å². The van der Waals surface area contributed by atoms with Gasteiger partial charge in [-0.15, -0.1) is 11.8 Å². The van der Waals surface area contributed by atoms with Gasteiger partial charge in [-0.05, 0) is 32.0 Å². The second-order valence-electron chi connectivity index (χ2n) is 5.90. The zero-order valence-electron chi connectivity index (χ0n) is 13.8. The SMILES string of the molecule is CC(C)OC(=O)C1CSC(c2ccccc2Cl)N1C(=O)c1ccco1. The Hall–Kier alpha value is -1.92. The minimum atomic E-state index is -0.689. The maximum absolute atomic E-state index is 13.0. The molecule has 2 heterocycles. The van der Waals surface area contributed by atoms with Crippen LogP contribution in [-0.2, 0) is 9.53 Å². The Balaban J connectivity index is 1.97. The van der Waals surface area contributed by atoms with Crippen LogP contribution in [0.1, 0.15) is 35.3 Å². The van der Waals surface area contributed by atoms with Crippen molar-refractivity contribution in [2.75, 3.05) is 5.75 Å². The predicted octanol–water partition coefficient (Wildman–Crippen LogP) is 4.14. The second-order valence-corrected chi connectivity index (χ2v) is 7.42. The van der Waals surface area contributed by atoms with Crippen molar-refractivity contribution in [3.05, 3.63) is 59.0 Å². The van der Waals surface area contributed by atoms with E-state index in [1.807, 2.05) is 18.2 Å². The number of carbonyl (C=O) groups is 2. The van der Waals surface area contributed by atoms with Crippen molar-refractivity contribution in [3.63, 3.8) is 0 Å². The number of rotatable bonds is 4. The molecule has 0 aliphatic carbocycles. The molecule has 2 atom stereocenters. The largest absolute Gasteiger partial charge is 0.461 e. The van der Waals surface area contributed by atoms with Gasteiger partial charge in [0.25, 0.3) is 5.91 Å². The van der Waals surface area contributed by atoms with Gasteiger partial charge in [0.15, 0.2) is 5.76 Å². The van der Waals surface area contributed by atoms with Crippen LogP contribution in [0.3, 0.4) is 0 Å². The average Bonchev–Trinajstić information content (AvgIpc) is 3.24. The Bertz CT molecular complexity index is 762. The van der Waals surface area contributed by atoms with E-state index in [0.717, 1.165) is 5.56 Å². The van der Waals surface area contributed by atoms with Crippen LogP contribution in [0.25, 0.3) is 0 Å². The van der Waals surface area contributed by atoms with Crippen LogP contribution in [0.4, 0.5) is 0 Å². The Morgan fingerprint density at radius 3 is 2.68 bits per heavy atom. The molecule has 7 heteroatoms. The molecule has 0 bridgehead atoms. The van der Waals surface area contributed by atoms with Gasteiger partial charge in [0.2, 0.25) is 0 Å². The molecule has 0 saturated carbocycles. The quantitative estimate of drug-likeness (QED) is 0.747. The van der Waals surface area contributed by atoms with Crippen LogP contribution in [0.5, 0.6) is 0 Å². The van der Waals surface area contributed by atoms with Crippen LogP contribution < -0.4 is 0 Å². The molecular weight excluding hydrogens is 362 g/mol. The molecule has 1 fully saturated rings. The molecule has 1 aliphatic rings. The summed E-state index contributed by atoms with van der Waals surface area (Å²) >= 11 is 7.80. The van der Waals surface area contributed by atoms with Crippen molar-refractivity contribution >= 4 is 35.2 Å². The number of carbonyl (C=O) groups excluding carboxylic acids is 2. The number of benzene rings is 1. The summed E-state index contributed by atoms with van der Waals surface area (Å²) in [6.45, 7) is 3.56. The van der Waals surface area contributed by atoms with Gasteiger partial charge in [0.05, 0.1) is 12.4 Å². The number of hydrogen-bond acceptors (Lipinski definition) is 5. The predicted molar refractivity (Wildman–Crippen MR) is 96.5 cm³/mol. The van der Waals surface area contributed by atoms with Crippen molar-refractivity contribution in [3.8, 4) is 0 Å². The first-order chi connectivity index (χ1) is 12.0. The third-order valence-corrected chi connectivity index (χ3v) is 5.41. The van der Waals surface area contributed by atoms with Gasteiger partial charge in [-0.25, -0.2) is 4.79 Å². The van der Waals surface area contributed by atoms with Crippen molar-refractivity contribution in [1.29, 1.82) is 0 Å². The zero-order valence-corrected chi connectivity index (χ0v) is 15.4. The smallest absolute Gasteiger partial charge is 0.330 e. The molecule has 1 aromatic carbocycles. The highest BCUT2D eigenvalue weighted by Gasteiger charge is 2.45. The van der Waals surface area contributed by atoms with Crippen molar-refractivity contribution in [1.82, 2.24) is 4.90 Å². The molecule has 0 N–H and O–H groups in total. The third kappa shape index (κ3) is 3.70. The molecule has 5 nitrogen and oxygen atoms in total. The lowest BCUT2D eigenvalue weighted by Crippen LogP contribution is -2.44. The number of halogens is 1. The highest BCUT2D eigenvalue weighted by molar-refractivity contribution is 7.99. The average molecular weight is 380 g/mol. The molecule has 1 aliphatic heterocycles. The molecule has 0 spiro atoms. The van der Waals surface area contributed by atoms with E-state index in [4.69, 9.17) is 20.8 Å². The molecule has 25 heavy (non-hydrogen) atoms. The molecule has 132 valence electrons. The zero-order chi connectivity index (χ0) is 18.0. The number of furan rings is 1. The van der Waals surface area contributed by atoms with Gasteiger partial charge in [0, 0.05) is 16.3 Å². The molecule has 1 amide bonds. The summed E-state index contributed by atoms with van der Waals surface area (Å²) in [6.07, 6.45) is 1.18. The van der Waals surface area contributed by atoms with Crippen LogP contribution >= 0.6 is 23.4 Å². The summed E-state index contributed by atoms with van der Waals surface area (Å²) < 4.78 is 10.6. The second kappa shape index (κ2) is 7.54. The topological polar surface area (TPSA) is 59.8 Å². The van der Waals surface area contributed by atoms with E-state index in [9.17, 15) is 9.59 Å². The Morgan fingerprint density at radius 1 is 1.28 bits per heavy atom. The van der Waals surface area contributed by atoms with Gasteiger partial charge in [0.1, 0.15) is 11.4 Å². The summed E-state index contributed by atoms with van der Waals surface area (Å²) in [5.74, 6) is -0.155. The summed E-state index contributed by atoms with van der Waals surface area (Å²) in [4.78, 5) is 27.0. The number of esters is 1. The van der Waals surface area contributed by atoms with Crippen LogP contribution in [0.15, 0.2) is 47.1 Å². The standard InChI is InChI=1S/C18H18ClNO4S/c1-11(2)24-18(22)14-10-25-17(12-6-3-4-7-13(12)19)20(14)16(21)15-8-5-9-23-15/h3-9,11,14,17H,10H2,1-2H3. The summed E-state index contributed by atoms with van der Waals surface area (Å²) in [5.41, 5.74) is 0.786. The van der Waals surface area contributed by atoms with Crippen LogP contribution in [0, 0.1) is 0 Å². The van der Waals surface area contributed by atoms with E-state index in [0.29, 0.717) is 10.8 Å². The van der Waals surface area contributed by atoms with E-state index in [-0.39, 0.29) is 23.1 Å². The Morgan fingerprint density at radius 2 is 2.04 bits per heavy atom. The van der Waals surface area contributed by atoms with E-state index in [1.165, 1.54) is 22.9 Å². The van der Waals surface area contributed by atoms with Crippen LogP contribution in [-0.4, -0.2) is 34.7 Å². The maximum Gasteiger partial charge on any atom is 0.330 e. The number of thioether (sulfide) groups is 1. The lowest BCUT2D eigenvalue weighted by molar-refractivity contribution is -0.151. The van der Waals surface area contributed by atoms with Gasteiger partial charge in [-0.2, -0.15) is 0 Å². The minimum absolute atomic E-state index is 0.182. The molecule has 2 aromatic rings. The highest BCUT2D eigenvalue weighted by Crippen LogP contribution is 2.44. The number of ether oxygens (including phenoxy) is 1. The van der Waals surface area contributed by atoms with Gasteiger partial charge >= 0.3 is 5.97 Å². The van der Waals surface area contributed by atoms with Gasteiger partial charge in [-0.3, -0.25) is 4.79 Å². The fourth-order valence-electron chi connectivity index (χ4n) is 2.69. The van der Waals surface area contributed by atoms with E-state index >= 15 is 0 Å². The number of nitrogens with zero attached hydrogens (tertiary/aromatic N) is 1. The number of amides is 1. The Kier molecular flexibility index (Phi) is 5.39. The monoisotopic (exact) mass is 379 g/mol. The first-order valence-electron chi connectivity index (χ1n) is 7.91. The summed E-state index contributed by atoms with van der Waals surface area (Å²) in [7, 11) is 0. The lowest BCUT2D eigenvalue weighted by atomic mass is 10.1. The van der Waals surface area contributed by atoms with E-state index < -0.39 is 12.0 Å². The summed E-state index contributed by atoms with van der Waals surface area (Å²) in [5, 5.41) is 0.172. The molecule has 0 radical (unpaired) electrons. The van der Waals surface area contributed by atoms with Crippen molar-refractivity contribution in [2.24, 2.45) is 0 Å². The molecule has 1 saturated heterocycles. The van der Waals surface area contributed by atoms with Crippen molar-refractivity contribution in [2.45, 2.75) is 31.4 Å². The number of hydrogen-bond donors (Lipinski definition) is 0. The fourth-order valence-corrected chi connectivity index (χ4v) is 4.44. The summed E-state index contributed by atoms with van der Waals surface area (Å²) in [6, 6.07) is 9.85. The molecular formula is C18H18ClNO4S. The first kappa shape index (κ1) is 17.9. The third-order valence-electron chi connectivity index (χ3n) is 3.76. The minimum Gasteiger partial charge on any atom is -0.461 e. The molecule has 3 rings (SSSR count). The van der Waals surface area contributed by atoms with Gasteiger partial charge in [-0.1, -0.05) is 29.8 Å². The van der Waals surface area contributed by atoms with E-state index in [1.54, 1.807) is 32.0 Å². The Labute approximate surface area is 155 Å². The maximum atomic E-state index is 13.0. The molecule has 1 aromatic heterocycles. The normalized spacial score (nSPS) is 20.1. The van der Waals surface area contributed by atoms with Crippen molar-refractivity contribution < 1.29 is 18.7 Å². The first-order valence-corrected chi connectivity index (χ1v) is 9.34. The fraction of sp³-hybridized carbons (Fsp3) is 0.333. The van der Waals surface area contributed by atoms with Gasteiger partial charge < -0.3 is 14.1 Å². The molecule has 2 unspecified atom stereocenters. The lowest BCUT2D eigenvalue weighted by Gasteiger charge is -2.28. The highest BCUT2D eigenvalue weighted by atomic mass is 35.5. The van der Waals surface area contributed by atoms with Crippen LogP contribution in [0.2, 0.25) is 5.02 Å².